The number of rotatable bonds is 4. The molecular weight excluding hydrogens is 238 g/mol. The average Bonchev–Trinajstić information content (AvgIpc) is 2.84. The van der Waals surface area contributed by atoms with Gasteiger partial charge in [-0.2, -0.15) is 0 Å². The molecule has 4 heteroatoms. The third-order valence-electron chi connectivity index (χ3n) is 3.65. The monoisotopic (exact) mass is 261 g/mol. The molecule has 1 saturated heterocycles. The van der Waals surface area contributed by atoms with Crippen LogP contribution >= 0.6 is 0 Å². The molecule has 2 rings (SSSR count). The number of benzene rings is 1. The van der Waals surface area contributed by atoms with Crippen LogP contribution in [0.3, 0.4) is 0 Å². The van der Waals surface area contributed by atoms with Crippen LogP contribution in [0.2, 0.25) is 0 Å². The van der Waals surface area contributed by atoms with Crippen LogP contribution in [0.4, 0.5) is 10.5 Å². The molecule has 2 amide bonds. The van der Waals surface area contributed by atoms with Crippen LogP contribution in [-0.4, -0.2) is 30.1 Å². The molecule has 1 aromatic rings. The van der Waals surface area contributed by atoms with Gasteiger partial charge >= 0.3 is 6.03 Å². The summed E-state index contributed by atoms with van der Waals surface area (Å²) in [5.41, 5.74) is 7.57. The minimum atomic E-state index is 0.0186. The summed E-state index contributed by atoms with van der Waals surface area (Å²) < 4.78 is 0. The number of nitrogens with one attached hydrogen (secondary N) is 1. The highest BCUT2D eigenvalue weighted by Crippen LogP contribution is 2.22. The van der Waals surface area contributed by atoms with Crippen molar-refractivity contribution in [3.05, 3.63) is 29.8 Å². The Bertz CT molecular complexity index is 433. The Morgan fingerprint density at radius 3 is 3.11 bits per heavy atom. The summed E-state index contributed by atoms with van der Waals surface area (Å²) in [5.74, 6) is 0. The fraction of sp³-hybridized carbons (Fsp3) is 0.533. The van der Waals surface area contributed by atoms with Crippen LogP contribution in [0.5, 0.6) is 0 Å². The molecule has 1 aliphatic heterocycles. The lowest BCUT2D eigenvalue weighted by Gasteiger charge is -2.25. The number of hydrogen-bond acceptors (Lipinski definition) is 2. The van der Waals surface area contributed by atoms with Crippen LogP contribution < -0.4 is 11.1 Å². The van der Waals surface area contributed by atoms with Gasteiger partial charge in [0.15, 0.2) is 0 Å². The highest BCUT2D eigenvalue weighted by Gasteiger charge is 2.28. The third kappa shape index (κ3) is 3.70. The van der Waals surface area contributed by atoms with Gasteiger partial charge in [0, 0.05) is 18.3 Å². The number of anilines is 1. The van der Waals surface area contributed by atoms with Crippen LogP contribution in [0.1, 0.15) is 31.2 Å². The van der Waals surface area contributed by atoms with Gasteiger partial charge in [0.25, 0.3) is 0 Å². The summed E-state index contributed by atoms with van der Waals surface area (Å²) in [7, 11) is 0. The zero-order chi connectivity index (χ0) is 13.7. The molecule has 1 fully saturated rings. The van der Waals surface area contributed by atoms with E-state index < -0.39 is 0 Å². The molecule has 1 aliphatic rings. The molecule has 104 valence electrons. The summed E-state index contributed by atoms with van der Waals surface area (Å²) in [6.45, 7) is 3.58. The van der Waals surface area contributed by atoms with Gasteiger partial charge in [0.05, 0.1) is 0 Å². The molecule has 0 radical (unpaired) electrons. The SMILES string of the molecule is Cc1cccc(NC(=O)N2CCCC2CCCN)c1. The predicted octanol–water partition coefficient (Wildman–Crippen LogP) is 2.73. The maximum atomic E-state index is 12.3. The van der Waals surface area contributed by atoms with E-state index in [9.17, 15) is 4.79 Å². The summed E-state index contributed by atoms with van der Waals surface area (Å²) in [4.78, 5) is 14.2. The van der Waals surface area contributed by atoms with Crippen molar-refractivity contribution in [2.45, 2.75) is 38.6 Å². The summed E-state index contributed by atoms with van der Waals surface area (Å²) in [6, 6.07) is 8.27. The van der Waals surface area contributed by atoms with E-state index in [1.165, 1.54) is 0 Å². The van der Waals surface area contributed by atoms with Gasteiger partial charge in [-0.15, -0.1) is 0 Å². The van der Waals surface area contributed by atoms with E-state index in [-0.39, 0.29) is 6.03 Å². The molecule has 1 aromatic carbocycles. The van der Waals surface area contributed by atoms with Crippen molar-refractivity contribution in [1.29, 1.82) is 0 Å². The first-order valence-corrected chi connectivity index (χ1v) is 7.05. The predicted molar refractivity (Wildman–Crippen MR) is 78.2 cm³/mol. The Labute approximate surface area is 115 Å². The smallest absolute Gasteiger partial charge is 0.322 e. The van der Waals surface area contributed by atoms with Crippen LogP contribution in [0, 0.1) is 6.92 Å². The van der Waals surface area contributed by atoms with Crippen molar-refractivity contribution in [2.75, 3.05) is 18.4 Å². The molecule has 0 aliphatic carbocycles. The van der Waals surface area contributed by atoms with E-state index in [0.717, 1.165) is 43.5 Å². The third-order valence-corrected chi connectivity index (χ3v) is 3.65. The first-order chi connectivity index (χ1) is 9.20. The van der Waals surface area contributed by atoms with Crippen molar-refractivity contribution < 1.29 is 4.79 Å². The highest BCUT2D eigenvalue weighted by molar-refractivity contribution is 5.89. The molecular formula is C15H23N3O. The molecule has 0 spiro atoms. The Morgan fingerprint density at radius 2 is 2.37 bits per heavy atom. The lowest BCUT2D eigenvalue weighted by molar-refractivity contribution is 0.203. The molecule has 0 saturated carbocycles. The maximum Gasteiger partial charge on any atom is 0.322 e. The van der Waals surface area contributed by atoms with E-state index in [0.29, 0.717) is 12.6 Å². The number of aryl methyl sites for hydroxylation is 1. The maximum absolute atomic E-state index is 12.3. The molecule has 4 nitrogen and oxygen atoms in total. The Morgan fingerprint density at radius 1 is 1.53 bits per heavy atom. The molecule has 19 heavy (non-hydrogen) atoms. The Kier molecular flexibility index (Phi) is 4.80. The number of nitrogens with zero attached hydrogens (tertiary/aromatic N) is 1. The summed E-state index contributed by atoms with van der Waals surface area (Å²) in [6.07, 6.45) is 4.19. The Balaban J connectivity index is 1.95. The topological polar surface area (TPSA) is 58.4 Å². The van der Waals surface area contributed by atoms with Crippen LogP contribution in [0.25, 0.3) is 0 Å². The molecule has 0 bridgehead atoms. The second kappa shape index (κ2) is 6.57. The molecule has 0 aromatic heterocycles. The van der Waals surface area contributed by atoms with E-state index in [1.807, 2.05) is 36.1 Å². The average molecular weight is 261 g/mol. The molecule has 1 heterocycles. The van der Waals surface area contributed by atoms with Gasteiger partial charge in [-0.25, -0.2) is 4.79 Å². The molecule has 1 unspecified atom stereocenters. The Hall–Kier alpha value is -1.55. The van der Waals surface area contributed by atoms with Crippen molar-refractivity contribution in [3.8, 4) is 0 Å². The van der Waals surface area contributed by atoms with Crippen LogP contribution in [0.15, 0.2) is 24.3 Å². The molecule has 1 atom stereocenters. The van der Waals surface area contributed by atoms with E-state index in [4.69, 9.17) is 5.73 Å². The van der Waals surface area contributed by atoms with E-state index >= 15 is 0 Å². The van der Waals surface area contributed by atoms with Crippen molar-refractivity contribution in [1.82, 2.24) is 4.90 Å². The van der Waals surface area contributed by atoms with Crippen molar-refractivity contribution >= 4 is 11.7 Å². The van der Waals surface area contributed by atoms with Gasteiger partial charge in [-0.3, -0.25) is 0 Å². The quantitative estimate of drug-likeness (QED) is 0.875. The van der Waals surface area contributed by atoms with E-state index in [2.05, 4.69) is 5.32 Å². The minimum Gasteiger partial charge on any atom is -0.330 e. The standard InChI is InChI=1S/C15H23N3O/c1-12-5-2-6-13(11-12)17-15(19)18-10-4-8-14(18)7-3-9-16/h2,5-6,11,14H,3-4,7-10,16H2,1H3,(H,17,19). The zero-order valence-electron chi connectivity index (χ0n) is 11.6. The second-order valence-electron chi connectivity index (χ2n) is 5.22. The second-order valence-corrected chi connectivity index (χ2v) is 5.22. The molecule has 3 N–H and O–H groups in total. The first-order valence-electron chi connectivity index (χ1n) is 7.05. The van der Waals surface area contributed by atoms with Gasteiger partial charge in [0.1, 0.15) is 0 Å². The number of hydrogen-bond donors (Lipinski definition) is 2. The number of carbonyl (C=O) groups excluding carboxylic acids is 1. The fourth-order valence-electron chi connectivity index (χ4n) is 2.67. The first kappa shape index (κ1) is 13.9. The summed E-state index contributed by atoms with van der Waals surface area (Å²) in [5, 5.41) is 2.99. The lowest BCUT2D eigenvalue weighted by Crippen LogP contribution is -2.38. The number of nitrogens with two attached hydrogens (primary N) is 1. The number of likely N-dealkylation sites (tertiary alicyclic amines) is 1. The van der Waals surface area contributed by atoms with Gasteiger partial charge < -0.3 is 16.0 Å². The highest BCUT2D eigenvalue weighted by atomic mass is 16.2. The largest absolute Gasteiger partial charge is 0.330 e. The minimum absolute atomic E-state index is 0.0186. The van der Waals surface area contributed by atoms with Crippen LogP contribution in [-0.2, 0) is 0 Å². The van der Waals surface area contributed by atoms with Gasteiger partial charge in [0.2, 0.25) is 0 Å². The zero-order valence-corrected chi connectivity index (χ0v) is 11.6. The van der Waals surface area contributed by atoms with Gasteiger partial charge in [-0.05, 0) is 56.8 Å². The fourth-order valence-corrected chi connectivity index (χ4v) is 2.67. The van der Waals surface area contributed by atoms with Crippen molar-refractivity contribution in [2.24, 2.45) is 5.73 Å². The number of urea groups is 1. The van der Waals surface area contributed by atoms with Crippen molar-refractivity contribution in [3.63, 3.8) is 0 Å². The number of amides is 2. The lowest BCUT2D eigenvalue weighted by atomic mass is 10.1. The van der Waals surface area contributed by atoms with E-state index in [1.54, 1.807) is 0 Å². The van der Waals surface area contributed by atoms with Gasteiger partial charge in [-0.1, -0.05) is 12.1 Å². The number of carbonyl (C=O) groups is 1. The normalized spacial score (nSPS) is 18.6. The summed E-state index contributed by atoms with van der Waals surface area (Å²) >= 11 is 0.